The maximum atomic E-state index is 10.5. The molecule has 0 bridgehead atoms. The molecule has 1 N–H and O–H groups in total. The topological polar surface area (TPSA) is 38.1 Å². The average Bonchev–Trinajstić information content (AvgIpc) is 2.75. The molecule has 1 aliphatic carbocycles. The third kappa shape index (κ3) is 4.08. The third-order valence-corrected chi connectivity index (χ3v) is 4.92. The second-order valence-corrected chi connectivity index (χ2v) is 6.60. The Morgan fingerprint density at radius 2 is 2.05 bits per heavy atom. The molecule has 0 amide bonds. The summed E-state index contributed by atoms with van der Waals surface area (Å²) in [7, 11) is 1.97. The predicted octanol–water partition coefficient (Wildman–Crippen LogP) is 3.63. The number of aliphatic hydroxyl groups is 1. The zero-order valence-corrected chi connectivity index (χ0v) is 13.3. The summed E-state index contributed by atoms with van der Waals surface area (Å²) in [6.45, 7) is 4.28. The van der Waals surface area contributed by atoms with E-state index < -0.39 is 0 Å². The van der Waals surface area contributed by atoms with E-state index in [1.54, 1.807) is 0 Å². The average molecular weight is 278 g/mol. The van der Waals surface area contributed by atoms with E-state index in [-0.39, 0.29) is 6.10 Å². The van der Waals surface area contributed by atoms with Crippen LogP contribution in [0.3, 0.4) is 0 Å². The lowest BCUT2D eigenvalue weighted by molar-refractivity contribution is 0.0711. The Morgan fingerprint density at radius 1 is 1.35 bits per heavy atom. The normalized spacial score (nSPS) is 24.8. The highest BCUT2D eigenvalue weighted by Crippen LogP contribution is 2.34. The lowest BCUT2D eigenvalue weighted by Gasteiger charge is -2.31. The van der Waals surface area contributed by atoms with Gasteiger partial charge >= 0.3 is 0 Å². The molecule has 1 unspecified atom stereocenters. The van der Waals surface area contributed by atoms with Gasteiger partial charge in [0.1, 0.15) is 0 Å². The van der Waals surface area contributed by atoms with E-state index in [1.165, 1.54) is 44.9 Å². The van der Waals surface area contributed by atoms with Crippen LogP contribution >= 0.6 is 0 Å². The number of rotatable bonds is 6. The first kappa shape index (κ1) is 15.6. The van der Waals surface area contributed by atoms with Gasteiger partial charge < -0.3 is 5.11 Å². The van der Waals surface area contributed by atoms with Crippen molar-refractivity contribution in [2.75, 3.05) is 0 Å². The van der Waals surface area contributed by atoms with Crippen LogP contribution in [0.4, 0.5) is 0 Å². The van der Waals surface area contributed by atoms with Crippen LogP contribution in [-0.2, 0) is 13.5 Å². The van der Waals surface area contributed by atoms with Crippen LogP contribution in [0.25, 0.3) is 0 Å². The molecule has 1 aromatic heterocycles. The minimum atomic E-state index is -0.197. The van der Waals surface area contributed by atoms with Crippen molar-refractivity contribution in [2.24, 2.45) is 18.9 Å². The molecule has 0 saturated heterocycles. The molecule has 1 aromatic rings. The quantitative estimate of drug-likeness (QED) is 0.863. The second-order valence-electron chi connectivity index (χ2n) is 6.60. The zero-order valence-electron chi connectivity index (χ0n) is 13.3. The maximum Gasteiger partial charge on any atom is 0.0623 e. The number of aryl methyl sites for hydroxylation is 2. The van der Waals surface area contributed by atoms with Crippen molar-refractivity contribution in [3.8, 4) is 0 Å². The lowest BCUT2D eigenvalue weighted by atomic mass is 9.77. The van der Waals surface area contributed by atoms with E-state index >= 15 is 0 Å². The summed E-state index contributed by atoms with van der Waals surface area (Å²) in [5.74, 6) is 1.40. The molecule has 2 rings (SSSR count). The van der Waals surface area contributed by atoms with Crippen molar-refractivity contribution in [3.05, 3.63) is 17.5 Å². The summed E-state index contributed by atoms with van der Waals surface area (Å²) in [6, 6.07) is 2.09. The molecule has 1 saturated carbocycles. The first-order valence-electron chi connectivity index (χ1n) is 8.27. The smallest absolute Gasteiger partial charge is 0.0623 e. The van der Waals surface area contributed by atoms with Crippen LogP contribution in [0.1, 0.15) is 63.3 Å². The van der Waals surface area contributed by atoms with E-state index in [2.05, 4.69) is 18.1 Å². The van der Waals surface area contributed by atoms with E-state index in [0.717, 1.165) is 23.7 Å². The van der Waals surface area contributed by atoms with Gasteiger partial charge in [-0.15, -0.1) is 0 Å². The SMILES string of the molecule is CCCCC1CCC(C(O)Cc2cc(C)nn2C)CC1. The van der Waals surface area contributed by atoms with Gasteiger partial charge in [0, 0.05) is 19.2 Å². The molecule has 1 aliphatic rings. The van der Waals surface area contributed by atoms with Crippen LogP contribution in [0.2, 0.25) is 0 Å². The van der Waals surface area contributed by atoms with Crippen molar-refractivity contribution in [2.45, 2.75) is 71.3 Å². The molecular weight excluding hydrogens is 248 g/mol. The second kappa shape index (κ2) is 7.26. The molecule has 1 fully saturated rings. The molecule has 0 aliphatic heterocycles. The highest BCUT2D eigenvalue weighted by atomic mass is 16.3. The summed E-state index contributed by atoms with van der Waals surface area (Å²) < 4.78 is 1.91. The summed E-state index contributed by atoms with van der Waals surface area (Å²) in [6.07, 6.45) is 9.64. The van der Waals surface area contributed by atoms with Gasteiger partial charge in [-0.05, 0) is 37.7 Å². The van der Waals surface area contributed by atoms with Crippen molar-refractivity contribution in [3.63, 3.8) is 0 Å². The van der Waals surface area contributed by atoms with Gasteiger partial charge in [-0.1, -0.05) is 39.0 Å². The first-order chi connectivity index (χ1) is 9.60. The number of hydrogen-bond donors (Lipinski definition) is 1. The molecule has 3 heteroatoms. The van der Waals surface area contributed by atoms with E-state index in [9.17, 15) is 5.11 Å². The molecule has 20 heavy (non-hydrogen) atoms. The summed E-state index contributed by atoms with van der Waals surface area (Å²) in [5, 5.41) is 14.8. The van der Waals surface area contributed by atoms with E-state index in [0.29, 0.717) is 5.92 Å². The van der Waals surface area contributed by atoms with Gasteiger partial charge in [0.15, 0.2) is 0 Å². The third-order valence-electron chi connectivity index (χ3n) is 4.92. The fourth-order valence-electron chi connectivity index (χ4n) is 3.59. The Labute approximate surface area is 123 Å². The van der Waals surface area contributed by atoms with Gasteiger partial charge in [0.25, 0.3) is 0 Å². The van der Waals surface area contributed by atoms with E-state index in [1.807, 2.05) is 18.7 Å². The van der Waals surface area contributed by atoms with Crippen molar-refractivity contribution in [1.29, 1.82) is 0 Å². The van der Waals surface area contributed by atoms with Crippen LogP contribution in [0, 0.1) is 18.8 Å². The monoisotopic (exact) mass is 278 g/mol. The maximum absolute atomic E-state index is 10.5. The van der Waals surface area contributed by atoms with Gasteiger partial charge in [-0.3, -0.25) is 4.68 Å². The minimum Gasteiger partial charge on any atom is -0.392 e. The fraction of sp³-hybridized carbons (Fsp3) is 0.824. The highest BCUT2D eigenvalue weighted by Gasteiger charge is 2.26. The molecule has 1 heterocycles. The van der Waals surface area contributed by atoms with Crippen LogP contribution < -0.4 is 0 Å². The first-order valence-corrected chi connectivity index (χ1v) is 8.27. The molecular formula is C17H30N2O. The van der Waals surface area contributed by atoms with Crippen molar-refractivity contribution < 1.29 is 5.11 Å². The Morgan fingerprint density at radius 3 is 2.60 bits per heavy atom. The van der Waals surface area contributed by atoms with Gasteiger partial charge in [0.05, 0.1) is 11.8 Å². The summed E-state index contributed by atoms with van der Waals surface area (Å²) in [5.41, 5.74) is 2.20. The number of unbranched alkanes of at least 4 members (excludes halogenated alkanes) is 1. The van der Waals surface area contributed by atoms with Crippen molar-refractivity contribution in [1.82, 2.24) is 9.78 Å². The number of nitrogens with zero attached hydrogens (tertiary/aromatic N) is 2. The zero-order chi connectivity index (χ0) is 14.5. The lowest BCUT2D eigenvalue weighted by Crippen LogP contribution is -2.28. The summed E-state index contributed by atoms with van der Waals surface area (Å²) in [4.78, 5) is 0. The molecule has 0 radical (unpaired) electrons. The Balaban J connectivity index is 1.80. The van der Waals surface area contributed by atoms with Gasteiger partial charge in [0.2, 0.25) is 0 Å². The molecule has 1 atom stereocenters. The molecule has 0 aromatic carbocycles. The van der Waals surface area contributed by atoms with Crippen LogP contribution in [0.5, 0.6) is 0 Å². The minimum absolute atomic E-state index is 0.197. The van der Waals surface area contributed by atoms with Crippen molar-refractivity contribution >= 4 is 0 Å². The van der Waals surface area contributed by atoms with Crippen LogP contribution in [-0.4, -0.2) is 21.0 Å². The largest absolute Gasteiger partial charge is 0.392 e. The Kier molecular flexibility index (Phi) is 5.64. The Hall–Kier alpha value is -0.830. The number of aliphatic hydroxyl groups excluding tert-OH is 1. The number of aromatic nitrogens is 2. The highest BCUT2D eigenvalue weighted by molar-refractivity contribution is 5.09. The number of hydrogen-bond acceptors (Lipinski definition) is 2. The van der Waals surface area contributed by atoms with Gasteiger partial charge in [-0.2, -0.15) is 5.10 Å². The van der Waals surface area contributed by atoms with Gasteiger partial charge in [-0.25, -0.2) is 0 Å². The molecule has 114 valence electrons. The Bertz CT molecular complexity index is 405. The van der Waals surface area contributed by atoms with Crippen LogP contribution in [0.15, 0.2) is 6.07 Å². The molecule has 0 spiro atoms. The van der Waals surface area contributed by atoms with E-state index in [4.69, 9.17) is 0 Å². The fourth-order valence-corrected chi connectivity index (χ4v) is 3.59. The molecule has 3 nitrogen and oxygen atoms in total. The standard InChI is InChI=1S/C17H30N2O/c1-4-5-6-14-7-9-15(10-8-14)17(20)12-16-11-13(2)18-19(16)3/h11,14-15,17,20H,4-10,12H2,1-3H3. The summed E-state index contributed by atoms with van der Waals surface area (Å²) >= 11 is 0. The predicted molar refractivity (Wildman–Crippen MR) is 82.6 cm³/mol.